The van der Waals surface area contributed by atoms with Gasteiger partial charge >= 0.3 is 5.97 Å². The van der Waals surface area contributed by atoms with E-state index in [0.717, 1.165) is 11.3 Å². The monoisotopic (exact) mass is 413 g/mol. The molecule has 0 aliphatic heterocycles. The van der Waals surface area contributed by atoms with E-state index in [1.807, 2.05) is 30.3 Å². The van der Waals surface area contributed by atoms with E-state index in [1.165, 1.54) is 0 Å². The molecule has 154 valence electrons. The first kappa shape index (κ1) is 19.9. The lowest BCUT2D eigenvalue weighted by Crippen LogP contribution is -2.20. The number of esters is 1. The van der Waals surface area contributed by atoms with Gasteiger partial charge in [0.05, 0.1) is 5.56 Å². The third-order valence-electron chi connectivity index (χ3n) is 4.34. The number of carbonyl (C=O) groups excluding carboxylic acids is 2. The number of para-hydroxylation sites is 1. The van der Waals surface area contributed by atoms with Crippen molar-refractivity contribution in [3.05, 3.63) is 96.8 Å². The van der Waals surface area contributed by atoms with Gasteiger partial charge < -0.3 is 19.8 Å². The maximum atomic E-state index is 12.2. The molecule has 1 aromatic heterocycles. The van der Waals surface area contributed by atoms with Crippen LogP contribution in [0.1, 0.15) is 10.4 Å². The highest BCUT2D eigenvalue weighted by Gasteiger charge is 2.11. The number of ether oxygens (including phenoxy) is 2. The molecule has 0 unspecified atom stereocenters. The normalized spacial score (nSPS) is 10.3. The standard InChI is InChI=1S/C24H19N3O4/c28-22(27-19-10-12-21(13-11-19)31-20-4-2-1-3-5-20)16-30-24(29)18-8-6-17(7-9-18)23-25-14-15-26-23/h1-15H,16H2,(H,25,26)(H,27,28). The fourth-order valence-corrected chi connectivity index (χ4v) is 2.83. The first-order chi connectivity index (χ1) is 15.2. The molecule has 0 radical (unpaired) electrons. The van der Waals surface area contributed by atoms with Crippen LogP contribution in [0.3, 0.4) is 0 Å². The summed E-state index contributed by atoms with van der Waals surface area (Å²) >= 11 is 0. The van der Waals surface area contributed by atoms with Crippen molar-refractivity contribution in [2.75, 3.05) is 11.9 Å². The van der Waals surface area contributed by atoms with Gasteiger partial charge in [-0.05, 0) is 48.5 Å². The van der Waals surface area contributed by atoms with E-state index in [4.69, 9.17) is 9.47 Å². The lowest BCUT2D eigenvalue weighted by molar-refractivity contribution is -0.119. The van der Waals surface area contributed by atoms with Gasteiger partial charge in [0.2, 0.25) is 0 Å². The molecule has 7 nitrogen and oxygen atoms in total. The number of rotatable bonds is 7. The molecular weight excluding hydrogens is 394 g/mol. The number of hydrogen-bond donors (Lipinski definition) is 2. The molecule has 4 rings (SSSR count). The molecule has 0 saturated heterocycles. The fourth-order valence-electron chi connectivity index (χ4n) is 2.83. The highest BCUT2D eigenvalue weighted by molar-refractivity contribution is 5.95. The van der Waals surface area contributed by atoms with Gasteiger partial charge in [-0.25, -0.2) is 9.78 Å². The fraction of sp³-hybridized carbons (Fsp3) is 0.0417. The summed E-state index contributed by atoms with van der Waals surface area (Å²) in [5.74, 6) is 1.07. The zero-order valence-electron chi connectivity index (χ0n) is 16.4. The molecule has 0 saturated carbocycles. The van der Waals surface area contributed by atoms with Crippen LogP contribution in [0.4, 0.5) is 5.69 Å². The van der Waals surface area contributed by atoms with Gasteiger partial charge in [0.15, 0.2) is 6.61 Å². The molecular formula is C24H19N3O4. The minimum atomic E-state index is -0.576. The van der Waals surface area contributed by atoms with Crippen LogP contribution >= 0.6 is 0 Å². The molecule has 1 heterocycles. The van der Waals surface area contributed by atoms with Crippen LogP contribution in [-0.2, 0) is 9.53 Å². The number of H-pyrrole nitrogens is 1. The van der Waals surface area contributed by atoms with Gasteiger partial charge in [-0.1, -0.05) is 30.3 Å². The largest absolute Gasteiger partial charge is 0.457 e. The number of hydrogen-bond acceptors (Lipinski definition) is 5. The molecule has 4 aromatic rings. The average Bonchev–Trinajstić information content (AvgIpc) is 3.35. The SMILES string of the molecule is O=C(COC(=O)c1ccc(-c2ncc[nH]2)cc1)Nc1ccc(Oc2ccccc2)cc1. The van der Waals surface area contributed by atoms with Gasteiger partial charge in [0.25, 0.3) is 5.91 Å². The van der Waals surface area contributed by atoms with Crippen molar-refractivity contribution in [2.45, 2.75) is 0 Å². The molecule has 0 aliphatic carbocycles. The summed E-state index contributed by atoms with van der Waals surface area (Å²) in [7, 11) is 0. The first-order valence-corrected chi connectivity index (χ1v) is 9.57. The third kappa shape index (κ3) is 5.36. The minimum Gasteiger partial charge on any atom is -0.457 e. The van der Waals surface area contributed by atoms with Crippen molar-refractivity contribution < 1.29 is 19.1 Å². The van der Waals surface area contributed by atoms with Crippen molar-refractivity contribution in [1.29, 1.82) is 0 Å². The number of imidazole rings is 1. The van der Waals surface area contributed by atoms with Crippen LogP contribution < -0.4 is 10.1 Å². The minimum absolute atomic E-state index is 0.352. The van der Waals surface area contributed by atoms with Gasteiger partial charge in [0, 0.05) is 23.6 Å². The first-order valence-electron chi connectivity index (χ1n) is 9.57. The van der Waals surface area contributed by atoms with Gasteiger partial charge in [0.1, 0.15) is 17.3 Å². The average molecular weight is 413 g/mol. The Hall–Kier alpha value is -4.39. The Morgan fingerprint density at radius 1 is 0.871 bits per heavy atom. The molecule has 2 N–H and O–H groups in total. The Morgan fingerprint density at radius 2 is 1.58 bits per heavy atom. The lowest BCUT2D eigenvalue weighted by atomic mass is 10.1. The second-order valence-electron chi connectivity index (χ2n) is 6.58. The molecule has 0 atom stereocenters. The number of nitrogens with zero attached hydrogens (tertiary/aromatic N) is 1. The number of aromatic nitrogens is 2. The van der Waals surface area contributed by atoms with Crippen LogP contribution in [0.25, 0.3) is 11.4 Å². The van der Waals surface area contributed by atoms with Gasteiger partial charge in [-0.2, -0.15) is 0 Å². The van der Waals surface area contributed by atoms with Crippen LogP contribution in [0, 0.1) is 0 Å². The maximum absolute atomic E-state index is 12.2. The van der Waals surface area contributed by atoms with E-state index in [9.17, 15) is 9.59 Å². The molecule has 0 fully saturated rings. The van der Waals surface area contributed by atoms with Crippen molar-refractivity contribution in [3.8, 4) is 22.9 Å². The van der Waals surface area contributed by atoms with Gasteiger partial charge in [-0.15, -0.1) is 0 Å². The number of aromatic amines is 1. The number of carbonyl (C=O) groups is 2. The lowest BCUT2D eigenvalue weighted by Gasteiger charge is -2.09. The van der Waals surface area contributed by atoms with Gasteiger partial charge in [-0.3, -0.25) is 4.79 Å². The van der Waals surface area contributed by atoms with Crippen molar-refractivity contribution >= 4 is 17.6 Å². The van der Waals surface area contributed by atoms with E-state index >= 15 is 0 Å². The number of benzene rings is 3. The van der Waals surface area contributed by atoms with E-state index < -0.39 is 11.9 Å². The van der Waals surface area contributed by atoms with Crippen molar-refractivity contribution in [1.82, 2.24) is 9.97 Å². The van der Waals surface area contributed by atoms with Crippen molar-refractivity contribution in [3.63, 3.8) is 0 Å². The Bertz CT molecular complexity index is 1140. The maximum Gasteiger partial charge on any atom is 0.338 e. The predicted molar refractivity (Wildman–Crippen MR) is 116 cm³/mol. The summed E-state index contributed by atoms with van der Waals surface area (Å²) in [4.78, 5) is 31.4. The Balaban J connectivity index is 1.26. The summed E-state index contributed by atoms with van der Waals surface area (Å²) in [6.45, 7) is -0.388. The highest BCUT2D eigenvalue weighted by Crippen LogP contribution is 2.22. The summed E-state index contributed by atoms with van der Waals surface area (Å²) < 4.78 is 10.8. The zero-order valence-corrected chi connectivity index (χ0v) is 16.4. The summed E-state index contributed by atoms with van der Waals surface area (Å²) in [6.07, 6.45) is 3.37. The highest BCUT2D eigenvalue weighted by atomic mass is 16.5. The predicted octanol–water partition coefficient (Wildman–Crippen LogP) is 4.66. The summed E-state index contributed by atoms with van der Waals surface area (Å²) in [6, 6.07) is 23.1. The molecule has 0 bridgehead atoms. The number of nitrogens with one attached hydrogen (secondary N) is 2. The van der Waals surface area contributed by atoms with E-state index in [2.05, 4.69) is 15.3 Å². The van der Waals surface area contributed by atoms with E-state index in [1.54, 1.807) is 60.9 Å². The molecule has 0 aliphatic rings. The second-order valence-corrected chi connectivity index (χ2v) is 6.58. The van der Waals surface area contributed by atoms with Crippen molar-refractivity contribution in [2.24, 2.45) is 0 Å². The van der Waals surface area contributed by atoms with Crippen LogP contribution in [-0.4, -0.2) is 28.5 Å². The quantitative estimate of drug-likeness (QED) is 0.430. The zero-order chi connectivity index (χ0) is 21.5. The summed E-state index contributed by atoms with van der Waals surface area (Å²) in [5, 5.41) is 2.68. The van der Waals surface area contributed by atoms with E-state index in [-0.39, 0.29) is 6.61 Å². The molecule has 7 heteroatoms. The number of amides is 1. The molecule has 3 aromatic carbocycles. The topological polar surface area (TPSA) is 93.3 Å². The Morgan fingerprint density at radius 3 is 2.26 bits per heavy atom. The molecule has 0 spiro atoms. The van der Waals surface area contributed by atoms with Crippen LogP contribution in [0.2, 0.25) is 0 Å². The smallest absolute Gasteiger partial charge is 0.338 e. The third-order valence-corrected chi connectivity index (χ3v) is 4.34. The molecule has 31 heavy (non-hydrogen) atoms. The molecule has 1 amide bonds. The van der Waals surface area contributed by atoms with Crippen LogP contribution in [0.5, 0.6) is 11.5 Å². The van der Waals surface area contributed by atoms with E-state index in [0.29, 0.717) is 22.8 Å². The Kier molecular flexibility index (Phi) is 6.04. The Labute approximate surface area is 178 Å². The second kappa shape index (κ2) is 9.41. The summed E-state index contributed by atoms with van der Waals surface area (Å²) in [5.41, 5.74) is 1.77. The number of anilines is 1. The van der Waals surface area contributed by atoms with Crippen LogP contribution in [0.15, 0.2) is 91.3 Å².